The maximum Gasteiger partial charge on any atom is 0.0543 e. The van der Waals surface area contributed by atoms with E-state index in [1.54, 1.807) is 0 Å². The van der Waals surface area contributed by atoms with Crippen LogP contribution in [-0.4, -0.2) is 27.5 Å². The first kappa shape index (κ1) is 12.2. The summed E-state index contributed by atoms with van der Waals surface area (Å²) < 4.78 is 2.02. The Morgan fingerprint density at radius 3 is 3.11 bits per heavy atom. The Kier molecular flexibility index (Phi) is 3.39. The molecule has 2 N–H and O–H groups in total. The van der Waals surface area contributed by atoms with Gasteiger partial charge in [-0.2, -0.15) is 5.10 Å². The van der Waals surface area contributed by atoms with Gasteiger partial charge in [0.2, 0.25) is 0 Å². The van der Waals surface area contributed by atoms with E-state index in [0.29, 0.717) is 12.0 Å². The van der Waals surface area contributed by atoms with Crippen LogP contribution in [0.1, 0.15) is 49.4 Å². The lowest BCUT2D eigenvalue weighted by molar-refractivity contribution is 0.177. The van der Waals surface area contributed by atoms with Crippen molar-refractivity contribution in [3.63, 3.8) is 0 Å². The second kappa shape index (κ2) is 5.02. The lowest BCUT2D eigenvalue weighted by atomic mass is 9.92. The van der Waals surface area contributed by atoms with Gasteiger partial charge < -0.3 is 10.4 Å². The van der Waals surface area contributed by atoms with Crippen molar-refractivity contribution in [1.82, 2.24) is 15.1 Å². The van der Waals surface area contributed by atoms with Crippen molar-refractivity contribution in [3.05, 3.63) is 17.5 Å². The van der Waals surface area contributed by atoms with Gasteiger partial charge in [0.25, 0.3) is 0 Å². The molecule has 1 heterocycles. The number of hydrogen-bond acceptors (Lipinski definition) is 3. The molecule has 4 nitrogen and oxygen atoms in total. The van der Waals surface area contributed by atoms with E-state index in [-0.39, 0.29) is 6.10 Å². The number of aliphatic hydroxyl groups excluding tert-OH is 1. The van der Waals surface area contributed by atoms with Crippen molar-refractivity contribution in [2.45, 2.75) is 50.7 Å². The SMILES string of the molecule is Cn1ncc2c1CCCC2NCC1CCC(O)C1. The van der Waals surface area contributed by atoms with E-state index in [9.17, 15) is 5.11 Å². The van der Waals surface area contributed by atoms with E-state index in [1.807, 2.05) is 17.9 Å². The van der Waals surface area contributed by atoms with Crippen LogP contribution in [0.5, 0.6) is 0 Å². The summed E-state index contributed by atoms with van der Waals surface area (Å²) in [7, 11) is 2.04. The van der Waals surface area contributed by atoms with Gasteiger partial charge in [0.1, 0.15) is 0 Å². The molecule has 1 fully saturated rings. The predicted molar refractivity (Wildman–Crippen MR) is 70.2 cm³/mol. The molecule has 1 saturated carbocycles. The molecule has 3 atom stereocenters. The lowest BCUT2D eigenvalue weighted by Crippen LogP contribution is -2.29. The van der Waals surface area contributed by atoms with E-state index in [0.717, 1.165) is 25.8 Å². The monoisotopic (exact) mass is 249 g/mol. The van der Waals surface area contributed by atoms with Crippen LogP contribution in [0.4, 0.5) is 0 Å². The first-order chi connectivity index (χ1) is 8.74. The highest BCUT2D eigenvalue weighted by molar-refractivity contribution is 5.24. The number of aliphatic hydroxyl groups is 1. The minimum Gasteiger partial charge on any atom is -0.393 e. The molecule has 0 aromatic carbocycles. The zero-order valence-electron chi connectivity index (χ0n) is 11.1. The van der Waals surface area contributed by atoms with Gasteiger partial charge in [0.05, 0.1) is 12.3 Å². The van der Waals surface area contributed by atoms with E-state index in [4.69, 9.17) is 0 Å². The Morgan fingerprint density at radius 2 is 2.33 bits per heavy atom. The highest BCUT2D eigenvalue weighted by atomic mass is 16.3. The lowest BCUT2D eigenvalue weighted by Gasteiger charge is -2.25. The molecule has 3 rings (SSSR count). The van der Waals surface area contributed by atoms with E-state index >= 15 is 0 Å². The molecule has 0 radical (unpaired) electrons. The molecule has 3 unspecified atom stereocenters. The molecule has 0 bridgehead atoms. The molecule has 0 spiro atoms. The molecule has 2 aliphatic rings. The molecule has 4 heteroatoms. The van der Waals surface area contributed by atoms with Gasteiger partial charge in [-0.05, 0) is 51.0 Å². The van der Waals surface area contributed by atoms with Crippen LogP contribution in [0, 0.1) is 5.92 Å². The summed E-state index contributed by atoms with van der Waals surface area (Å²) >= 11 is 0. The van der Waals surface area contributed by atoms with E-state index < -0.39 is 0 Å². The number of nitrogens with one attached hydrogen (secondary N) is 1. The fourth-order valence-electron chi connectivity index (χ4n) is 3.46. The second-order valence-corrected chi connectivity index (χ2v) is 5.86. The van der Waals surface area contributed by atoms with E-state index in [2.05, 4.69) is 10.4 Å². The fraction of sp³-hybridized carbons (Fsp3) is 0.786. The van der Waals surface area contributed by atoms with Crippen LogP contribution in [0.2, 0.25) is 0 Å². The number of aromatic nitrogens is 2. The average molecular weight is 249 g/mol. The van der Waals surface area contributed by atoms with Crippen LogP contribution < -0.4 is 5.32 Å². The third-order valence-corrected chi connectivity index (χ3v) is 4.54. The van der Waals surface area contributed by atoms with Crippen LogP contribution in [0.25, 0.3) is 0 Å². The topological polar surface area (TPSA) is 50.1 Å². The van der Waals surface area contributed by atoms with Crippen LogP contribution in [0.15, 0.2) is 6.20 Å². The molecule has 1 aromatic heterocycles. The smallest absolute Gasteiger partial charge is 0.0543 e. The minimum atomic E-state index is -0.0582. The summed E-state index contributed by atoms with van der Waals surface area (Å²) in [4.78, 5) is 0. The Morgan fingerprint density at radius 1 is 1.44 bits per heavy atom. The summed E-state index contributed by atoms with van der Waals surface area (Å²) in [5.74, 6) is 0.655. The molecular weight excluding hydrogens is 226 g/mol. The first-order valence-corrected chi connectivity index (χ1v) is 7.16. The molecule has 0 amide bonds. The summed E-state index contributed by atoms with van der Waals surface area (Å²) in [5.41, 5.74) is 2.78. The molecule has 0 saturated heterocycles. The standard InChI is InChI=1S/C14H23N3O/c1-17-14-4-2-3-13(12(14)9-16-17)15-8-10-5-6-11(18)7-10/h9-11,13,15,18H,2-8H2,1H3. The van der Waals surface area contributed by atoms with Crippen LogP contribution >= 0.6 is 0 Å². The molecular formula is C14H23N3O. The molecule has 1 aromatic rings. The molecule has 18 heavy (non-hydrogen) atoms. The molecule has 0 aliphatic heterocycles. The van der Waals surface area contributed by atoms with Crippen molar-refractivity contribution < 1.29 is 5.11 Å². The third kappa shape index (κ3) is 2.31. The van der Waals surface area contributed by atoms with Gasteiger partial charge in [0.15, 0.2) is 0 Å². The summed E-state index contributed by atoms with van der Waals surface area (Å²) in [6.07, 6.45) is 8.71. The Labute approximate surface area is 108 Å². The van der Waals surface area contributed by atoms with Gasteiger partial charge in [-0.3, -0.25) is 4.68 Å². The fourth-order valence-corrected chi connectivity index (χ4v) is 3.46. The van der Waals surface area contributed by atoms with Crippen LogP contribution in [0.3, 0.4) is 0 Å². The van der Waals surface area contributed by atoms with Gasteiger partial charge in [-0.25, -0.2) is 0 Å². The van der Waals surface area contributed by atoms with Crippen molar-refractivity contribution in [3.8, 4) is 0 Å². The number of aryl methyl sites for hydroxylation is 1. The summed E-state index contributed by atoms with van der Waals surface area (Å²) in [6, 6.07) is 0.472. The number of nitrogens with zero attached hydrogens (tertiary/aromatic N) is 2. The van der Waals surface area contributed by atoms with Crippen molar-refractivity contribution in [2.75, 3.05) is 6.54 Å². The van der Waals surface area contributed by atoms with Crippen molar-refractivity contribution in [2.24, 2.45) is 13.0 Å². The van der Waals surface area contributed by atoms with Gasteiger partial charge in [-0.1, -0.05) is 0 Å². The molecule has 100 valence electrons. The third-order valence-electron chi connectivity index (χ3n) is 4.54. The predicted octanol–water partition coefficient (Wildman–Crippen LogP) is 1.55. The maximum atomic E-state index is 9.56. The summed E-state index contributed by atoms with van der Waals surface area (Å²) in [5, 5.41) is 17.6. The summed E-state index contributed by atoms with van der Waals surface area (Å²) in [6.45, 7) is 1.04. The maximum absolute atomic E-state index is 9.56. The Bertz CT molecular complexity index is 415. The van der Waals surface area contributed by atoms with Crippen molar-refractivity contribution >= 4 is 0 Å². The normalized spacial score (nSPS) is 31.6. The Balaban J connectivity index is 1.60. The number of hydrogen-bond donors (Lipinski definition) is 2. The average Bonchev–Trinajstić information content (AvgIpc) is 2.94. The van der Waals surface area contributed by atoms with Gasteiger partial charge in [-0.15, -0.1) is 0 Å². The number of fused-ring (bicyclic) bond motifs is 1. The zero-order valence-corrected chi connectivity index (χ0v) is 11.1. The van der Waals surface area contributed by atoms with Crippen LogP contribution in [-0.2, 0) is 13.5 Å². The van der Waals surface area contributed by atoms with Gasteiger partial charge >= 0.3 is 0 Å². The quantitative estimate of drug-likeness (QED) is 0.854. The molecule has 2 aliphatic carbocycles. The second-order valence-electron chi connectivity index (χ2n) is 5.86. The highest BCUT2D eigenvalue weighted by Crippen LogP contribution is 2.30. The van der Waals surface area contributed by atoms with Crippen molar-refractivity contribution in [1.29, 1.82) is 0 Å². The highest BCUT2D eigenvalue weighted by Gasteiger charge is 2.26. The Hall–Kier alpha value is -0.870. The number of rotatable bonds is 3. The largest absolute Gasteiger partial charge is 0.393 e. The zero-order chi connectivity index (χ0) is 12.5. The van der Waals surface area contributed by atoms with E-state index in [1.165, 1.54) is 30.5 Å². The first-order valence-electron chi connectivity index (χ1n) is 7.16. The van der Waals surface area contributed by atoms with Gasteiger partial charge in [0, 0.05) is 24.3 Å². The minimum absolute atomic E-state index is 0.0582.